The minimum atomic E-state index is -3.18. The van der Waals surface area contributed by atoms with Crippen LogP contribution in [0.3, 0.4) is 0 Å². The molecule has 0 amide bonds. The van der Waals surface area contributed by atoms with E-state index in [0.29, 0.717) is 19.8 Å². The van der Waals surface area contributed by atoms with Crippen molar-refractivity contribution in [1.29, 1.82) is 0 Å². The van der Waals surface area contributed by atoms with Crippen LogP contribution in [0.1, 0.15) is 17.2 Å². The topological polar surface area (TPSA) is 58.6 Å². The molecular weight excluding hydrogens is 276 g/mol. The van der Waals surface area contributed by atoms with Gasteiger partial charge in [-0.05, 0) is 12.5 Å². The van der Waals surface area contributed by atoms with Gasteiger partial charge in [0.1, 0.15) is 0 Å². The Morgan fingerprint density at radius 3 is 2.40 bits per heavy atom. The van der Waals surface area contributed by atoms with E-state index in [1.54, 1.807) is 0 Å². The van der Waals surface area contributed by atoms with E-state index >= 15 is 0 Å². The third-order valence-electron chi connectivity index (χ3n) is 3.49. The molecule has 1 fully saturated rings. The Morgan fingerprint density at radius 2 is 1.85 bits per heavy atom. The van der Waals surface area contributed by atoms with Crippen LogP contribution in [0.15, 0.2) is 24.3 Å². The lowest BCUT2D eigenvalue weighted by Gasteiger charge is -2.34. The highest BCUT2D eigenvalue weighted by molar-refractivity contribution is 7.88. The molecule has 0 bridgehead atoms. The molecule has 0 aliphatic carbocycles. The third-order valence-corrected chi connectivity index (χ3v) is 4.18. The molecule has 1 unspecified atom stereocenters. The summed E-state index contributed by atoms with van der Waals surface area (Å²) in [7, 11) is -3.18. The van der Waals surface area contributed by atoms with Gasteiger partial charge >= 0.3 is 0 Å². The largest absolute Gasteiger partial charge is 0.379 e. The van der Waals surface area contributed by atoms with E-state index in [4.69, 9.17) is 4.74 Å². The van der Waals surface area contributed by atoms with Crippen LogP contribution in [-0.4, -0.2) is 52.4 Å². The molecule has 2 rings (SSSR count). The van der Waals surface area contributed by atoms with Crippen LogP contribution in [0.4, 0.5) is 0 Å². The molecular formula is C14H22N2O3S. The normalized spacial score (nSPS) is 18.9. The molecule has 5 nitrogen and oxygen atoms in total. The maximum Gasteiger partial charge on any atom is 0.208 e. The van der Waals surface area contributed by atoms with Gasteiger partial charge in [0.05, 0.1) is 19.5 Å². The van der Waals surface area contributed by atoms with Gasteiger partial charge in [-0.1, -0.05) is 29.8 Å². The van der Waals surface area contributed by atoms with Gasteiger partial charge in [0.25, 0.3) is 0 Å². The molecule has 0 aromatic heterocycles. The van der Waals surface area contributed by atoms with Gasteiger partial charge in [-0.3, -0.25) is 4.90 Å². The molecule has 0 spiro atoms. The predicted molar refractivity (Wildman–Crippen MR) is 79.2 cm³/mol. The Kier molecular flexibility index (Phi) is 5.15. The third kappa shape index (κ3) is 4.56. The number of nitrogens with zero attached hydrogens (tertiary/aromatic N) is 1. The smallest absolute Gasteiger partial charge is 0.208 e. The lowest BCUT2D eigenvalue weighted by molar-refractivity contribution is 0.0172. The average Bonchev–Trinajstić information content (AvgIpc) is 2.41. The van der Waals surface area contributed by atoms with Crippen molar-refractivity contribution in [3.63, 3.8) is 0 Å². The number of aryl methyl sites for hydroxylation is 1. The monoisotopic (exact) mass is 298 g/mol. The van der Waals surface area contributed by atoms with Gasteiger partial charge in [-0.15, -0.1) is 0 Å². The minimum absolute atomic E-state index is 0.0502. The fourth-order valence-corrected chi connectivity index (χ4v) is 2.83. The average molecular weight is 298 g/mol. The molecule has 1 atom stereocenters. The first-order chi connectivity index (χ1) is 9.46. The summed E-state index contributed by atoms with van der Waals surface area (Å²) >= 11 is 0. The lowest BCUT2D eigenvalue weighted by atomic mass is 10.0. The summed E-state index contributed by atoms with van der Waals surface area (Å²) in [5.41, 5.74) is 2.33. The second kappa shape index (κ2) is 6.67. The Balaban J connectivity index is 2.16. The number of benzene rings is 1. The fourth-order valence-electron chi connectivity index (χ4n) is 2.37. The van der Waals surface area contributed by atoms with E-state index in [1.807, 2.05) is 6.92 Å². The van der Waals surface area contributed by atoms with Crippen molar-refractivity contribution >= 4 is 10.0 Å². The quantitative estimate of drug-likeness (QED) is 0.878. The van der Waals surface area contributed by atoms with Gasteiger partial charge in [0, 0.05) is 25.7 Å². The number of nitrogens with one attached hydrogen (secondary N) is 1. The summed E-state index contributed by atoms with van der Waals surface area (Å²) < 4.78 is 30.7. The zero-order valence-electron chi connectivity index (χ0n) is 12.0. The molecule has 1 N–H and O–H groups in total. The van der Waals surface area contributed by atoms with Crippen LogP contribution in [-0.2, 0) is 14.8 Å². The van der Waals surface area contributed by atoms with E-state index in [1.165, 1.54) is 11.8 Å². The number of sulfonamides is 1. The zero-order valence-corrected chi connectivity index (χ0v) is 12.8. The first-order valence-electron chi connectivity index (χ1n) is 6.79. The number of hydrogen-bond acceptors (Lipinski definition) is 4. The van der Waals surface area contributed by atoms with Crippen molar-refractivity contribution in [1.82, 2.24) is 9.62 Å². The van der Waals surface area contributed by atoms with Gasteiger partial charge in [0.15, 0.2) is 0 Å². The van der Waals surface area contributed by atoms with Crippen molar-refractivity contribution in [2.45, 2.75) is 13.0 Å². The molecule has 0 radical (unpaired) electrons. The van der Waals surface area contributed by atoms with E-state index in [9.17, 15) is 8.42 Å². The summed E-state index contributed by atoms with van der Waals surface area (Å²) in [4.78, 5) is 2.27. The van der Waals surface area contributed by atoms with Crippen molar-refractivity contribution in [3.05, 3.63) is 35.4 Å². The van der Waals surface area contributed by atoms with Crippen LogP contribution >= 0.6 is 0 Å². The van der Waals surface area contributed by atoms with E-state index in [-0.39, 0.29) is 6.04 Å². The Hall–Kier alpha value is -0.950. The summed E-state index contributed by atoms with van der Waals surface area (Å²) in [5.74, 6) is 0. The maximum atomic E-state index is 11.3. The van der Waals surface area contributed by atoms with Crippen molar-refractivity contribution < 1.29 is 13.2 Å². The second-order valence-corrected chi connectivity index (χ2v) is 7.03. The number of hydrogen-bond donors (Lipinski definition) is 1. The molecule has 1 aromatic rings. The first kappa shape index (κ1) is 15.4. The Bertz CT molecular complexity index is 522. The van der Waals surface area contributed by atoms with Gasteiger partial charge < -0.3 is 4.74 Å². The Morgan fingerprint density at radius 1 is 1.25 bits per heavy atom. The standard InChI is InChI=1S/C14H22N2O3S/c1-12-3-5-13(6-4-12)14(11-15-20(2,17)18)16-7-9-19-10-8-16/h3-6,14-15H,7-11H2,1-2H3. The SMILES string of the molecule is Cc1ccc(C(CNS(C)(=O)=O)N2CCOCC2)cc1. The fraction of sp³-hybridized carbons (Fsp3) is 0.571. The molecule has 20 heavy (non-hydrogen) atoms. The van der Waals surface area contributed by atoms with Crippen LogP contribution in [0.5, 0.6) is 0 Å². The molecule has 1 saturated heterocycles. The van der Waals surface area contributed by atoms with E-state index in [2.05, 4.69) is 33.9 Å². The minimum Gasteiger partial charge on any atom is -0.379 e. The second-order valence-electron chi connectivity index (χ2n) is 5.20. The first-order valence-corrected chi connectivity index (χ1v) is 8.68. The molecule has 112 valence electrons. The highest BCUT2D eigenvalue weighted by Gasteiger charge is 2.23. The van der Waals surface area contributed by atoms with Gasteiger partial charge in [0.2, 0.25) is 10.0 Å². The van der Waals surface area contributed by atoms with Gasteiger partial charge in [-0.25, -0.2) is 13.1 Å². The van der Waals surface area contributed by atoms with Crippen LogP contribution in [0, 0.1) is 6.92 Å². The van der Waals surface area contributed by atoms with Crippen molar-refractivity contribution in [2.75, 3.05) is 39.1 Å². The van der Waals surface area contributed by atoms with Crippen LogP contribution in [0.25, 0.3) is 0 Å². The number of morpholine rings is 1. The number of rotatable bonds is 5. The number of ether oxygens (including phenoxy) is 1. The van der Waals surface area contributed by atoms with E-state index in [0.717, 1.165) is 18.7 Å². The predicted octanol–water partition coefficient (Wildman–Crippen LogP) is 0.918. The van der Waals surface area contributed by atoms with E-state index < -0.39 is 10.0 Å². The van der Waals surface area contributed by atoms with Crippen LogP contribution in [0.2, 0.25) is 0 Å². The molecule has 1 aliphatic rings. The Labute approximate surface area is 121 Å². The zero-order chi connectivity index (χ0) is 14.6. The summed E-state index contributed by atoms with van der Waals surface area (Å²) in [6.45, 7) is 5.47. The molecule has 0 saturated carbocycles. The molecule has 1 heterocycles. The maximum absolute atomic E-state index is 11.3. The van der Waals surface area contributed by atoms with Crippen LogP contribution < -0.4 is 4.72 Å². The summed E-state index contributed by atoms with van der Waals surface area (Å²) in [6.07, 6.45) is 1.19. The van der Waals surface area contributed by atoms with Crippen molar-refractivity contribution in [2.24, 2.45) is 0 Å². The summed E-state index contributed by atoms with van der Waals surface area (Å²) in [6, 6.07) is 8.31. The van der Waals surface area contributed by atoms with Crippen molar-refractivity contribution in [3.8, 4) is 0 Å². The highest BCUT2D eigenvalue weighted by atomic mass is 32.2. The van der Waals surface area contributed by atoms with Gasteiger partial charge in [-0.2, -0.15) is 0 Å². The summed E-state index contributed by atoms with van der Waals surface area (Å²) in [5, 5.41) is 0. The molecule has 1 aromatic carbocycles. The lowest BCUT2D eigenvalue weighted by Crippen LogP contribution is -2.43. The molecule has 1 aliphatic heterocycles. The molecule has 6 heteroatoms. The highest BCUT2D eigenvalue weighted by Crippen LogP contribution is 2.21.